The number of hydrogen-bond donors (Lipinski definition) is 0. The highest BCUT2D eigenvalue weighted by Gasteiger charge is 2.21. The zero-order chi connectivity index (χ0) is 11.2. The Kier molecular flexibility index (Phi) is 4.11. The third-order valence-corrected chi connectivity index (χ3v) is 3.28. The maximum absolute atomic E-state index is 4.49. The van der Waals surface area contributed by atoms with E-state index in [4.69, 9.17) is 0 Å². The standard InChI is InChI=1S/C14H20N2/c1-2-16-12-6-9-14(16)10-11-15-13-7-4-3-5-8-13/h3-5,7-8,11,14H,2,6,9-10,12H2,1H3. The number of para-hydroxylation sites is 1. The molecule has 1 aromatic rings. The molecule has 1 atom stereocenters. The summed E-state index contributed by atoms with van der Waals surface area (Å²) in [5.74, 6) is 0. The predicted octanol–water partition coefficient (Wildman–Crippen LogP) is 3.26. The van der Waals surface area contributed by atoms with E-state index in [1.165, 1.54) is 25.9 Å². The minimum atomic E-state index is 0.720. The van der Waals surface area contributed by atoms with Crippen LogP contribution in [-0.2, 0) is 0 Å². The Morgan fingerprint density at radius 1 is 1.38 bits per heavy atom. The van der Waals surface area contributed by atoms with Crippen LogP contribution in [0.2, 0.25) is 0 Å². The SMILES string of the molecule is CCN1CCCC1CC=Nc1ccccc1. The Labute approximate surface area is 98.0 Å². The molecule has 0 aromatic heterocycles. The molecule has 2 nitrogen and oxygen atoms in total. The zero-order valence-electron chi connectivity index (χ0n) is 9.97. The van der Waals surface area contributed by atoms with E-state index in [2.05, 4.69) is 23.0 Å². The highest BCUT2D eigenvalue weighted by molar-refractivity contribution is 5.63. The van der Waals surface area contributed by atoms with Gasteiger partial charge in [-0.05, 0) is 44.5 Å². The molecule has 2 rings (SSSR count). The van der Waals surface area contributed by atoms with Crippen molar-refractivity contribution in [3.05, 3.63) is 30.3 Å². The van der Waals surface area contributed by atoms with Crippen LogP contribution in [0.1, 0.15) is 26.2 Å². The number of likely N-dealkylation sites (tertiary alicyclic amines) is 1. The van der Waals surface area contributed by atoms with Gasteiger partial charge >= 0.3 is 0 Å². The van der Waals surface area contributed by atoms with Crippen LogP contribution >= 0.6 is 0 Å². The van der Waals surface area contributed by atoms with Crippen molar-refractivity contribution in [3.8, 4) is 0 Å². The molecule has 1 aromatic carbocycles. The molecule has 0 saturated carbocycles. The summed E-state index contributed by atoms with van der Waals surface area (Å²) >= 11 is 0. The fourth-order valence-electron chi connectivity index (χ4n) is 2.37. The van der Waals surface area contributed by atoms with Gasteiger partial charge in [0.15, 0.2) is 0 Å². The molecule has 0 amide bonds. The lowest BCUT2D eigenvalue weighted by atomic mass is 10.1. The van der Waals surface area contributed by atoms with Crippen LogP contribution in [0.5, 0.6) is 0 Å². The van der Waals surface area contributed by atoms with Crippen molar-refractivity contribution < 1.29 is 0 Å². The molecule has 1 aliphatic rings. The fraction of sp³-hybridized carbons (Fsp3) is 0.500. The van der Waals surface area contributed by atoms with Crippen molar-refractivity contribution in [2.24, 2.45) is 4.99 Å². The second-order valence-corrected chi connectivity index (χ2v) is 4.31. The second-order valence-electron chi connectivity index (χ2n) is 4.31. The van der Waals surface area contributed by atoms with E-state index in [9.17, 15) is 0 Å². The Bertz CT molecular complexity index is 332. The highest BCUT2D eigenvalue weighted by Crippen LogP contribution is 2.19. The fourth-order valence-corrected chi connectivity index (χ4v) is 2.37. The molecule has 0 aliphatic carbocycles. The summed E-state index contributed by atoms with van der Waals surface area (Å²) in [5.41, 5.74) is 1.06. The van der Waals surface area contributed by atoms with E-state index in [0.29, 0.717) is 0 Å². The third-order valence-electron chi connectivity index (χ3n) is 3.28. The summed E-state index contributed by atoms with van der Waals surface area (Å²) < 4.78 is 0. The summed E-state index contributed by atoms with van der Waals surface area (Å²) in [5, 5.41) is 0. The Hall–Kier alpha value is -1.15. The lowest BCUT2D eigenvalue weighted by Crippen LogP contribution is -2.29. The first-order valence-corrected chi connectivity index (χ1v) is 6.21. The van der Waals surface area contributed by atoms with Gasteiger partial charge in [-0.1, -0.05) is 25.1 Å². The molecule has 1 aliphatic heterocycles. The van der Waals surface area contributed by atoms with E-state index in [1.54, 1.807) is 0 Å². The highest BCUT2D eigenvalue weighted by atomic mass is 15.2. The van der Waals surface area contributed by atoms with Crippen molar-refractivity contribution >= 4 is 11.9 Å². The van der Waals surface area contributed by atoms with Crippen LogP contribution in [0.3, 0.4) is 0 Å². The van der Waals surface area contributed by atoms with E-state index in [1.807, 2.05) is 30.3 Å². The first-order chi connectivity index (χ1) is 7.90. The Balaban J connectivity index is 1.85. The molecule has 1 unspecified atom stereocenters. The van der Waals surface area contributed by atoms with Crippen molar-refractivity contribution in [1.29, 1.82) is 0 Å². The number of aliphatic imine (C=N–C) groups is 1. The molecule has 1 saturated heterocycles. The molecular weight excluding hydrogens is 196 g/mol. The van der Waals surface area contributed by atoms with Crippen LogP contribution in [0.4, 0.5) is 5.69 Å². The van der Waals surface area contributed by atoms with Gasteiger partial charge in [0.25, 0.3) is 0 Å². The maximum atomic E-state index is 4.49. The molecule has 1 heterocycles. The molecule has 2 heteroatoms. The van der Waals surface area contributed by atoms with E-state index in [-0.39, 0.29) is 0 Å². The summed E-state index contributed by atoms with van der Waals surface area (Å²) in [6, 6.07) is 10.9. The molecule has 16 heavy (non-hydrogen) atoms. The van der Waals surface area contributed by atoms with E-state index in [0.717, 1.165) is 18.2 Å². The molecule has 1 fully saturated rings. The largest absolute Gasteiger partial charge is 0.300 e. The Morgan fingerprint density at radius 3 is 2.94 bits per heavy atom. The number of rotatable bonds is 4. The summed E-state index contributed by atoms with van der Waals surface area (Å²) in [6.07, 6.45) is 5.84. The van der Waals surface area contributed by atoms with Crippen LogP contribution in [0.15, 0.2) is 35.3 Å². The molecule has 0 N–H and O–H groups in total. The topological polar surface area (TPSA) is 15.6 Å². The van der Waals surface area contributed by atoms with Crippen molar-refractivity contribution in [2.45, 2.75) is 32.2 Å². The van der Waals surface area contributed by atoms with Gasteiger partial charge in [0.1, 0.15) is 0 Å². The van der Waals surface area contributed by atoms with Gasteiger partial charge in [-0.25, -0.2) is 0 Å². The summed E-state index contributed by atoms with van der Waals surface area (Å²) in [6.45, 7) is 4.68. The minimum absolute atomic E-state index is 0.720. The normalized spacial score (nSPS) is 21.9. The quantitative estimate of drug-likeness (QED) is 0.705. The average Bonchev–Trinajstić information content (AvgIpc) is 2.78. The van der Waals surface area contributed by atoms with Crippen molar-refractivity contribution in [3.63, 3.8) is 0 Å². The predicted molar refractivity (Wildman–Crippen MR) is 69.5 cm³/mol. The molecular formula is C14H20N2. The average molecular weight is 216 g/mol. The molecule has 0 radical (unpaired) electrons. The lowest BCUT2D eigenvalue weighted by molar-refractivity contribution is 0.274. The van der Waals surface area contributed by atoms with E-state index < -0.39 is 0 Å². The number of benzene rings is 1. The first kappa shape index (κ1) is 11.3. The van der Waals surface area contributed by atoms with Gasteiger partial charge in [-0.2, -0.15) is 0 Å². The van der Waals surface area contributed by atoms with Crippen LogP contribution < -0.4 is 0 Å². The molecule has 0 spiro atoms. The van der Waals surface area contributed by atoms with Crippen LogP contribution in [-0.4, -0.2) is 30.2 Å². The van der Waals surface area contributed by atoms with Crippen molar-refractivity contribution in [1.82, 2.24) is 4.90 Å². The monoisotopic (exact) mass is 216 g/mol. The van der Waals surface area contributed by atoms with Crippen LogP contribution in [0, 0.1) is 0 Å². The third kappa shape index (κ3) is 2.92. The number of hydrogen-bond acceptors (Lipinski definition) is 2. The maximum Gasteiger partial charge on any atom is 0.0625 e. The van der Waals surface area contributed by atoms with Gasteiger partial charge in [0.2, 0.25) is 0 Å². The van der Waals surface area contributed by atoms with Gasteiger partial charge in [0, 0.05) is 12.3 Å². The minimum Gasteiger partial charge on any atom is -0.300 e. The lowest BCUT2D eigenvalue weighted by Gasteiger charge is -2.20. The summed E-state index contributed by atoms with van der Waals surface area (Å²) in [4.78, 5) is 7.04. The van der Waals surface area contributed by atoms with Crippen molar-refractivity contribution in [2.75, 3.05) is 13.1 Å². The van der Waals surface area contributed by atoms with E-state index >= 15 is 0 Å². The van der Waals surface area contributed by atoms with Crippen LogP contribution in [0.25, 0.3) is 0 Å². The second kappa shape index (κ2) is 5.80. The summed E-state index contributed by atoms with van der Waals surface area (Å²) in [7, 11) is 0. The van der Waals surface area contributed by atoms with Gasteiger partial charge in [-0.3, -0.25) is 4.99 Å². The zero-order valence-corrected chi connectivity index (χ0v) is 9.97. The number of nitrogens with zero attached hydrogens (tertiary/aromatic N) is 2. The Morgan fingerprint density at radius 2 is 2.19 bits per heavy atom. The van der Waals surface area contributed by atoms with Gasteiger partial charge in [0.05, 0.1) is 5.69 Å². The molecule has 86 valence electrons. The molecule has 0 bridgehead atoms. The van der Waals surface area contributed by atoms with Gasteiger partial charge < -0.3 is 4.90 Å². The first-order valence-electron chi connectivity index (χ1n) is 6.21. The smallest absolute Gasteiger partial charge is 0.0625 e. The van der Waals surface area contributed by atoms with Gasteiger partial charge in [-0.15, -0.1) is 0 Å².